The maximum absolute atomic E-state index is 12.2. The van der Waals surface area contributed by atoms with Gasteiger partial charge in [-0.25, -0.2) is 4.98 Å². The molecule has 1 saturated heterocycles. The highest BCUT2D eigenvalue weighted by molar-refractivity contribution is 5.76. The highest BCUT2D eigenvalue weighted by Gasteiger charge is 2.21. The highest BCUT2D eigenvalue weighted by atomic mass is 16.5. The van der Waals surface area contributed by atoms with Crippen molar-refractivity contribution in [2.24, 2.45) is 0 Å². The van der Waals surface area contributed by atoms with Crippen LogP contribution >= 0.6 is 0 Å². The molecule has 1 aromatic heterocycles. The first-order chi connectivity index (χ1) is 10.8. The van der Waals surface area contributed by atoms with Gasteiger partial charge in [0, 0.05) is 59.1 Å². The third kappa shape index (κ3) is 5.27. The van der Waals surface area contributed by atoms with Crippen molar-refractivity contribution < 1.29 is 9.53 Å². The van der Waals surface area contributed by atoms with Crippen LogP contribution in [-0.4, -0.2) is 68.8 Å². The van der Waals surface area contributed by atoms with E-state index in [0.717, 1.165) is 58.1 Å². The quantitative estimate of drug-likeness (QED) is 0.718. The lowest BCUT2D eigenvalue weighted by molar-refractivity contribution is -0.131. The average molecular weight is 306 g/mol. The SMILES string of the molecule is COCCCNCCC(=O)N1CCN(c2ccccn2)CC1. The van der Waals surface area contributed by atoms with E-state index in [1.54, 1.807) is 7.11 Å². The fourth-order valence-electron chi connectivity index (χ4n) is 2.55. The summed E-state index contributed by atoms with van der Waals surface area (Å²) in [5.74, 6) is 1.23. The molecular formula is C16H26N4O2. The zero-order valence-electron chi connectivity index (χ0n) is 13.3. The zero-order valence-corrected chi connectivity index (χ0v) is 13.3. The van der Waals surface area contributed by atoms with Gasteiger partial charge in [-0.15, -0.1) is 0 Å². The number of amides is 1. The van der Waals surface area contributed by atoms with Gasteiger partial charge in [0.05, 0.1) is 0 Å². The predicted molar refractivity (Wildman–Crippen MR) is 87.0 cm³/mol. The molecule has 1 aromatic rings. The van der Waals surface area contributed by atoms with Gasteiger partial charge in [0.15, 0.2) is 0 Å². The number of anilines is 1. The highest BCUT2D eigenvalue weighted by Crippen LogP contribution is 2.12. The third-order valence-electron chi connectivity index (χ3n) is 3.82. The monoisotopic (exact) mass is 306 g/mol. The minimum atomic E-state index is 0.236. The number of nitrogens with one attached hydrogen (secondary N) is 1. The van der Waals surface area contributed by atoms with Crippen LogP contribution < -0.4 is 10.2 Å². The lowest BCUT2D eigenvalue weighted by Gasteiger charge is -2.35. The molecule has 0 spiro atoms. The first kappa shape index (κ1) is 16.7. The molecule has 1 aliphatic heterocycles. The normalized spacial score (nSPS) is 15.1. The number of piperazine rings is 1. The van der Waals surface area contributed by atoms with Crippen LogP contribution in [0.5, 0.6) is 0 Å². The van der Waals surface area contributed by atoms with Crippen molar-refractivity contribution in [3.05, 3.63) is 24.4 Å². The topological polar surface area (TPSA) is 57.7 Å². The Morgan fingerprint density at radius 3 is 2.77 bits per heavy atom. The third-order valence-corrected chi connectivity index (χ3v) is 3.82. The number of hydrogen-bond donors (Lipinski definition) is 1. The van der Waals surface area contributed by atoms with Crippen molar-refractivity contribution >= 4 is 11.7 Å². The van der Waals surface area contributed by atoms with E-state index in [1.807, 2.05) is 29.3 Å². The van der Waals surface area contributed by atoms with Crippen molar-refractivity contribution in [1.29, 1.82) is 0 Å². The van der Waals surface area contributed by atoms with E-state index in [-0.39, 0.29) is 5.91 Å². The van der Waals surface area contributed by atoms with E-state index in [4.69, 9.17) is 4.74 Å². The molecule has 0 radical (unpaired) electrons. The van der Waals surface area contributed by atoms with E-state index >= 15 is 0 Å². The second-order valence-electron chi connectivity index (χ2n) is 5.40. The fraction of sp³-hybridized carbons (Fsp3) is 0.625. The average Bonchev–Trinajstić information content (AvgIpc) is 2.59. The summed E-state index contributed by atoms with van der Waals surface area (Å²) in [5, 5.41) is 3.28. The van der Waals surface area contributed by atoms with Gasteiger partial charge >= 0.3 is 0 Å². The standard InChI is InChI=1S/C16H26N4O2/c1-22-14-4-7-17-9-6-16(21)20-12-10-19(11-13-20)15-5-2-3-8-18-15/h2-3,5,8,17H,4,6-7,9-14H2,1H3. The van der Waals surface area contributed by atoms with E-state index in [2.05, 4.69) is 15.2 Å². The lowest BCUT2D eigenvalue weighted by Crippen LogP contribution is -2.49. The van der Waals surface area contributed by atoms with Crippen molar-refractivity contribution in [2.75, 3.05) is 57.9 Å². The number of aromatic nitrogens is 1. The van der Waals surface area contributed by atoms with Crippen LogP contribution in [0.15, 0.2) is 24.4 Å². The van der Waals surface area contributed by atoms with Crippen LogP contribution in [0.25, 0.3) is 0 Å². The minimum absolute atomic E-state index is 0.236. The van der Waals surface area contributed by atoms with E-state index in [0.29, 0.717) is 6.42 Å². The molecular weight excluding hydrogens is 280 g/mol. The summed E-state index contributed by atoms with van der Waals surface area (Å²) >= 11 is 0. The second-order valence-corrected chi connectivity index (χ2v) is 5.40. The maximum Gasteiger partial charge on any atom is 0.223 e. The Labute approximate surface area is 132 Å². The summed E-state index contributed by atoms with van der Waals surface area (Å²) < 4.78 is 4.99. The van der Waals surface area contributed by atoms with Gasteiger partial charge < -0.3 is 19.9 Å². The Hall–Kier alpha value is -1.66. The maximum atomic E-state index is 12.2. The first-order valence-electron chi connectivity index (χ1n) is 7.94. The summed E-state index contributed by atoms with van der Waals surface area (Å²) in [6, 6.07) is 5.93. The van der Waals surface area contributed by atoms with Gasteiger partial charge in [-0.05, 0) is 25.1 Å². The number of rotatable bonds is 8. The van der Waals surface area contributed by atoms with Crippen LogP contribution in [-0.2, 0) is 9.53 Å². The largest absolute Gasteiger partial charge is 0.385 e. The van der Waals surface area contributed by atoms with Gasteiger partial charge in [0.2, 0.25) is 5.91 Å². The van der Waals surface area contributed by atoms with Gasteiger partial charge in [0.1, 0.15) is 5.82 Å². The van der Waals surface area contributed by atoms with Crippen molar-refractivity contribution in [3.63, 3.8) is 0 Å². The van der Waals surface area contributed by atoms with E-state index in [1.165, 1.54) is 0 Å². The minimum Gasteiger partial charge on any atom is -0.385 e. The Morgan fingerprint density at radius 2 is 2.09 bits per heavy atom. The fourth-order valence-corrected chi connectivity index (χ4v) is 2.55. The Kier molecular flexibility index (Phi) is 7.12. The number of carbonyl (C=O) groups excluding carboxylic acids is 1. The second kappa shape index (κ2) is 9.38. The van der Waals surface area contributed by atoms with Crippen LogP contribution in [0.2, 0.25) is 0 Å². The molecule has 1 amide bonds. The Balaban J connectivity index is 1.63. The molecule has 0 bridgehead atoms. The first-order valence-corrected chi connectivity index (χ1v) is 7.94. The number of pyridine rings is 1. The molecule has 6 nitrogen and oxygen atoms in total. The Bertz CT molecular complexity index is 433. The smallest absolute Gasteiger partial charge is 0.223 e. The van der Waals surface area contributed by atoms with E-state index in [9.17, 15) is 4.79 Å². The summed E-state index contributed by atoms with van der Waals surface area (Å²) in [6.07, 6.45) is 3.35. The van der Waals surface area contributed by atoms with Crippen LogP contribution in [0.4, 0.5) is 5.82 Å². The number of carbonyl (C=O) groups is 1. The van der Waals surface area contributed by atoms with E-state index < -0.39 is 0 Å². The lowest BCUT2D eigenvalue weighted by atomic mass is 10.2. The summed E-state index contributed by atoms with van der Waals surface area (Å²) in [7, 11) is 1.70. The number of nitrogens with zero attached hydrogens (tertiary/aromatic N) is 3. The molecule has 22 heavy (non-hydrogen) atoms. The predicted octanol–water partition coefficient (Wildman–Crippen LogP) is 0.746. The molecule has 2 heterocycles. The van der Waals surface area contributed by atoms with Crippen LogP contribution in [0.1, 0.15) is 12.8 Å². The van der Waals surface area contributed by atoms with Crippen molar-refractivity contribution in [1.82, 2.24) is 15.2 Å². The molecule has 0 saturated carbocycles. The molecule has 0 aromatic carbocycles. The molecule has 1 aliphatic rings. The number of ether oxygens (including phenoxy) is 1. The molecule has 0 atom stereocenters. The Morgan fingerprint density at radius 1 is 1.27 bits per heavy atom. The van der Waals surface area contributed by atoms with Gasteiger partial charge in [0.25, 0.3) is 0 Å². The molecule has 0 aliphatic carbocycles. The van der Waals surface area contributed by atoms with Crippen molar-refractivity contribution in [2.45, 2.75) is 12.8 Å². The zero-order chi connectivity index (χ0) is 15.6. The van der Waals surface area contributed by atoms with Crippen molar-refractivity contribution in [3.8, 4) is 0 Å². The summed E-state index contributed by atoms with van der Waals surface area (Å²) in [4.78, 5) is 20.7. The molecule has 6 heteroatoms. The molecule has 0 unspecified atom stereocenters. The van der Waals surface area contributed by atoms with Gasteiger partial charge in [-0.1, -0.05) is 6.07 Å². The van der Waals surface area contributed by atoms with Crippen LogP contribution in [0.3, 0.4) is 0 Å². The molecule has 1 fully saturated rings. The molecule has 2 rings (SSSR count). The number of methoxy groups -OCH3 is 1. The molecule has 1 N–H and O–H groups in total. The summed E-state index contributed by atoms with van der Waals surface area (Å²) in [6.45, 7) is 5.65. The van der Waals surface area contributed by atoms with Gasteiger partial charge in [-0.2, -0.15) is 0 Å². The van der Waals surface area contributed by atoms with Crippen LogP contribution in [0, 0.1) is 0 Å². The van der Waals surface area contributed by atoms with Gasteiger partial charge in [-0.3, -0.25) is 4.79 Å². The summed E-state index contributed by atoms with van der Waals surface area (Å²) in [5.41, 5.74) is 0. The number of hydrogen-bond acceptors (Lipinski definition) is 5. The molecule has 122 valence electrons.